The fourth-order valence-corrected chi connectivity index (χ4v) is 6.16. The van der Waals surface area contributed by atoms with Gasteiger partial charge in [-0.2, -0.15) is 0 Å². The number of hydrogen-bond donors (Lipinski definition) is 2. The lowest BCUT2D eigenvalue weighted by Gasteiger charge is -2.19. The van der Waals surface area contributed by atoms with Gasteiger partial charge in [0.2, 0.25) is 0 Å². The predicted octanol–water partition coefficient (Wildman–Crippen LogP) is 8.57. The molecule has 0 aliphatic heterocycles. The van der Waals surface area contributed by atoms with Crippen molar-refractivity contribution >= 4 is 15.3 Å². The molecule has 4 rings (SSSR count). The van der Waals surface area contributed by atoms with Gasteiger partial charge in [-0.05, 0) is 47.2 Å². The van der Waals surface area contributed by atoms with Crippen molar-refractivity contribution in [3.8, 4) is 0 Å². The van der Waals surface area contributed by atoms with Crippen LogP contribution >= 0.6 is 15.3 Å². The third-order valence-corrected chi connectivity index (χ3v) is 10.2. The van der Waals surface area contributed by atoms with E-state index in [0.29, 0.717) is 25.9 Å². The molecule has 4 aromatic carbocycles. The summed E-state index contributed by atoms with van der Waals surface area (Å²) in [6.45, 7) is 7.52. The van der Waals surface area contributed by atoms with Crippen molar-refractivity contribution in [3.63, 3.8) is 0 Å². The fourth-order valence-electron chi connectivity index (χ4n) is 3.88. The van der Waals surface area contributed by atoms with Crippen LogP contribution in [0.4, 0.5) is 0 Å². The minimum Gasteiger partial charge on any atom is -0.313 e. The molecule has 7 nitrogen and oxygen atoms in total. The van der Waals surface area contributed by atoms with Gasteiger partial charge in [-0.1, -0.05) is 116 Å². The maximum Gasteiger partial charge on any atom is 0.405 e. The molecule has 224 valence electrons. The van der Waals surface area contributed by atoms with Gasteiger partial charge < -0.3 is 9.05 Å². The Bertz CT molecular complexity index is 1340. The Balaban J connectivity index is 0.000000230. The van der Waals surface area contributed by atoms with E-state index >= 15 is 0 Å². The summed E-state index contributed by atoms with van der Waals surface area (Å²) in [4.78, 5) is 0. The van der Waals surface area contributed by atoms with E-state index < -0.39 is 15.3 Å². The van der Waals surface area contributed by atoms with E-state index in [1.54, 1.807) is 0 Å². The Morgan fingerprint density at radius 1 is 0.595 bits per heavy atom. The summed E-state index contributed by atoms with van der Waals surface area (Å²) in [6.07, 6.45) is 0.478. The number of aryl methyl sites for hydroxylation is 2. The quantitative estimate of drug-likeness (QED) is 0.139. The molecule has 0 aromatic heterocycles. The first-order chi connectivity index (χ1) is 20.3. The van der Waals surface area contributed by atoms with Crippen molar-refractivity contribution in [2.45, 2.75) is 47.1 Å². The van der Waals surface area contributed by atoms with Crippen LogP contribution in [0.2, 0.25) is 0 Å². The second-order valence-electron chi connectivity index (χ2n) is 9.71. The average molecular weight is 609 g/mol. The highest BCUT2D eigenvalue weighted by Gasteiger charge is 2.23. The molecule has 0 bridgehead atoms. The number of benzene rings is 4. The third kappa shape index (κ3) is 11.4. The highest BCUT2D eigenvalue weighted by Crippen LogP contribution is 2.44. The number of rotatable bonds is 14. The standard InChI is InChI=1S/C17H22NO2P.C16H20NO3P/c1-3-21(19,18-13-16-10-5-4-6-11-16)20-14-17-12-8-7-9-15(17)2;1-14-8-6-7-11-16(14)13-20-21(18,19-2)17-12-15-9-4-3-5-10-15/h4-12H,3,13-14H2,1-2H3,(H,18,19);3-11H,12-13H2,1-2H3,(H,17,18). The summed E-state index contributed by atoms with van der Waals surface area (Å²) >= 11 is 0. The highest BCUT2D eigenvalue weighted by atomic mass is 31.2. The zero-order valence-corrected chi connectivity index (χ0v) is 26.7. The van der Waals surface area contributed by atoms with Gasteiger partial charge >= 0.3 is 7.75 Å². The Morgan fingerprint density at radius 2 is 1.02 bits per heavy atom. The minimum atomic E-state index is -3.30. The molecule has 4 aromatic rings. The van der Waals surface area contributed by atoms with Crippen LogP contribution in [-0.4, -0.2) is 13.3 Å². The molecule has 0 saturated carbocycles. The summed E-state index contributed by atoms with van der Waals surface area (Å²) in [5.74, 6) is 0. The Kier molecular flexibility index (Phi) is 13.9. The van der Waals surface area contributed by atoms with Crippen LogP contribution in [0.25, 0.3) is 0 Å². The Morgan fingerprint density at radius 3 is 1.48 bits per heavy atom. The lowest BCUT2D eigenvalue weighted by Crippen LogP contribution is -2.14. The van der Waals surface area contributed by atoms with Gasteiger partial charge in [0.15, 0.2) is 0 Å². The zero-order chi connectivity index (χ0) is 30.3. The molecule has 0 spiro atoms. The van der Waals surface area contributed by atoms with Crippen LogP contribution in [0.15, 0.2) is 109 Å². The summed E-state index contributed by atoms with van der Waals surface area (Å²) in [5.41, 5.74) is 6.45. The van der Waals surface area contributed by atoms with Gasteiger partial charge in [-0.25, -0.2) is 14.7 Å². The van der Waals surface area contributed by atoms with E-state index in [-0.39, 0.29) is 6.61 Å². The normalized spacial score (nSPS) is 13.8. The molecule has 0 heterocycles. The lowest BCUT2D eigenvalue weighted by molar-refractivity contribution is 0.215. The van der Waals surface area contributed by atoms with Crippen LogP contribution in [0.1, 0.15) is 40.3 Å². The first-order valence-electron chi connectivity index (χ1n) is 14.0. The Labute approximate surface area is 250 Å². The molecule has 2 N–H and O–H groups in total. The van der Waals surface area contributed by atoms with E-state index in [4.69, 9.17) is 13.6 Å². The van der Waals surface area contributed by atoms with E-state index in [0.717, 1.165) is 33.4 Å². The largest absolute Gasteiger partial charge is 0.405 e. The smallest absolute Gasteiger partial charge is 0.313 e. The zero-order valence-electron chi connectivity index (χ0n) is 24.9. The van der Waals surface area contributed by atoms with Crippen LogP contribution in [0, 0.1) is 13.8 Å². The van der Waals surface area contributed by atoms with Crippen molar-refractivity contribution in [1.29, 1.82) is 0 Å². The van der Waals surface area contributed by atoms with E-state index in [1.165, 1.54) is 7.11 Å². The molecule has 0 fully saturated rings. The Hall–Kier alpha value is -2.86. The molecule has 0 saturated heterocycles. The van der Waals surface area contributed by atoms with E-state index in [1.807, 2.05) is 130 Å². The van der Waals surface area contributed by atoms with Crippen LogP contribution < -0.4 is 10.2 Å². The summed E-state index contributed by atoms with van der Waals surface area (Å²) < 4.78 is 41.4. The lowest BCUT2D eigenvalue weighted by atomic mass is 10.1. The van der Waals surface area contributed by atoms with E-state index in [2.05, 4.69) is 10.2 Å². The maximum absolute atomic E-state index is 12.7. The second-order valence-corrected chi connectivity index (χ2v) is 14.2. The van der Waals surface area contributed by atoms with Gasteiger partial charge in [-0.15, -0.1) is 0 Å². The molecule has 0 amide bonds. The van der Waals surface area contributed by atoms with Gasteiger partial charge in [0.1, 0.15) is 0 Å². The van der Waals surface area contributed by atoms with Crippen LogP contribution in [0.3, 0.4) is 0 Å². The first kappa shape index (κ1) is 33.6. The predicted molar refractivity (Wildman–Crippen MR) is 171 cm³/mol. The third-order valence-electron chi connectivity index (χ3n) is 6.68. The molecule has 0 radical (unpaired) electrons. The average Bonchev–Trinajstić information content (AvgIpc) is 3.03. The molecule has 9 heteroatoms. The maximum atomic E-state index is 12.7. The van der Waals surface area contributed by atoms with Crippen LogP contribution in [0.5, 0.6) is 0 Å². The van der Waals surface area contributed by atoms with Gasteiger partial charge in [0.05, 0.1) is 13.2 Å². The highest BCUT2D eigenvalue weighted by molar-refractivity contribution is 7.56. The van der Waals surface area contributed by atoms with Crippen molar-refractivity contribution < 1.29 is 22.7 Å². The molecule has 0 aliphatic carbocycles. The number of hydrogen-bond acceptors (Lipinski definition) is 5. The van der Waals surface area contributed by atoms with Crippen LogP contribution in [-0.2, 0) is 49.0 Å². The molecule has 0 aliphatic rings. The monoisotopic (exact) mass is 608 g/mol. The van der Waals surface area contributed by atoms with Crippen molar-refractivity contribution in [3.05, 3.63) is 143 Å². The fraction of sp³-hybridized carbons (Fsp3) is 0.273. The first-order valence-corrected chi connectivity index (χ1v) is 17.3. The second kappa shape index (κ2) is 17.3. The number of nitrogens with one attached hydrogen (secondary N) is 2. The summed E-state index contributed by atoms with van der Waals surface area (Å²) in [7, 11) is -4.72. The van der Waals surface area contributed by atoms with Gasteiger partial charge in [0, 0.05) is 26.4 Å². The summed E-state index contributed by atoms with van der Waals surface area (Å²) in [5, 5.41) is 5.95. The molecular formula is C33H42N2O5P2. The summed E-state index contributed by atoms with van der Waals surface area (Å²) in [6, 6.07) is 35.5. The molecular weight excluding hydrogens is 566 g/mol. The SMILES string of the molecule is CCP(=O)(NCc1ccccc1)OCc1ccccc1C.COP(=O)(NCc1ccccc1)OCc1ccccc1C. The molecule has 2 atom stereocenters. The van der Waals surface area contributed by atoms with Crippen molar-refractivity contribution in [2.24, 2.45) is 0 Å². The molecule has 42 heavy (non-hydrogen) atoms. The topological polar surface area (TPSA) is 85.9 Å². The van der Waals surface area contributed by atoms with Crippen molar-refractivity contribution in [1.82, 2.24) is 10.2 Å². The van der Waals surface area contributed by atoms with Gasteiger partial charge in [0.25, 0.3) is 7.52 Å². The van der Waals surface area contributed by atoms with Gasteiger partial charge in [-0.3, -0.25) is 9.09 Å². The molecule has 2 unspecified atom stereocenters. The van der Waals surface area contributed by atoms with E-state index in [9.17, 15) is 9.13 Å². The van der Waals surface area contributed by atoms with Crippen molar-refractivity contribution in [2.75, 3.05) is 13.3 Å². The minimum absolute atomic E-state index is 0.250.